The summed E-state index contributed by atoms with van der Waals surface area (Å²) in [7, 11) is -3.38. The van der Waals surface area contributed by atoms with Gasteiger partial charge in [0.05, 0.1) is 4.90 Å². The average molecular weight is 304 g/mol. The zero-order chi connectivity index (χ0) is 14.5. The van der Waals surface area contributed by atoms with Crippen molar-refractivity contribution in [3.8, 4) is 0 Å². The van der Waals surface area contributed by atoms with E-state index >= 15 is 0 Å². The van der Waals surface area contributed by atoms with Crippen molar-refractivity contribution in [2.75, 3.05) is 12.4 Å². The number of alkyl halides is 1. The Morgan fingerprint density at radius 1 is 1.21 bits per heavy atom. The molecule has 0 saturated carbocycles. The molecule has 0 aliphatic carbocycles. The summed E-state index contributed by atoms with van der Waals surface area (Å²) in [5, 5.41) is 0. The molecule has 0 atom stereocenters. The van der Waals surface area contributed by atoms with Crippen molar-refractivity contribution in [3.05, 3.63) is 29.8 Å². The van der Waals surface area contributed by atoms with Crippen molar-refractivity contribution in [1.82, 2.24) is 4.31 Å². The maximum atomic E-state index is 12.4. The van der Waals surface area contributed by atoms with Crippen molar-refractivity contribution in [2.24, 2.45) is 0 Å². The minimum Gasteiger partial charge on any atom is -0.207 e. The normalized spacial score (nSPS) is 12.3. The smallest absolute Gasteiger partial charge is 0.207 e. The van der Waals surface area contributed by atoms with E-state index in [0.29, 0.717) is 17.3 Å². The highest BCUT2D eigenvalue weighted by atomic mass is 35.5. The van der Waals surface area contributed by atoms with Crippen molar-refractivity contribution in [3.63, 3.8) is 0 Å². The number of benzene rings is 1. The lowest BCUT2D eigenvalue weighted by Gasteiger charge is -2.24. The zero-order valence-corrected chi connectivity index (χ0v) is 13.3. The summed E-state index contributed by atoms with van der Waals surface area (Å²) >= 11 is 5.65. The fraction of sp³-hybridized carbons (Fsp3) is 0.571. The van der Waals surface area contributed by atoms with Gasteiger partial charge in [0.25, 0.3) is 0 Å². The van der Waals surface area contributed by atoms with Crippen LogP contribution in [0, 0.1) is 0 Å². The van der Waals surface area contributed by atoms with E-state index in [4.69, 9.17) is 11.6 Å². The van der Waals surface area contributed by atoms with Gasteiger partial charge in [-0.2, -0.15) is 4.31 Å². The van der Waals surface area contributed by atoms with Gasteiger partial charge < -0.3 is 0 Å². The van der Waals surface area contributed by atoms with Crippen LogP contribution in [0.15, 0.2) is 29.2 Å². The highest BCUT2D eigenvalue weighted by Crippen LogP contribution is 2.19. The summed E-state index contributed by atoms with van der Waals surface area (Å²) in [4.78, 5) is 0.359. The lowest BCUT2D eigenvalue weighted by Crippen LogP contribution is -2.36. The van der Waals surface area contributed by atoms with Gasteiger partial charge in [-0.05, 0) is 44.4 Å². The number of rotatable bonds is 7. The molecule has 0 amide bonds. The van der Waals surface area contributed by atoms with Gasteiger partial charge >= 0.3 is 0 Å². The molecule has 0 spiro atoms. The van der Waals surface area contributed by atoms with E-state index in [0.717, 1.165) is 18.4 Å². The van der Waals surface area contributed by atoms with Gasteiger partial charge in [0.1, 0.15) is 0 Å². The van der Waals surface area contributed by atoms with Crippen LogP contribution in [0.4, 0.5) is 0 Å². The van der Waals surface area contributed by atoms with Gasteiger partial charge in [0, 0.05) is 18.5 Å². The topological polar surface area (TPSA) is 37.4 Å². The van der Waals surface area contributed by atoms with Crippen LogP contribution < -0.4 is 0 Å². The fourth-order valence-corrected chi connectivity index (χ4v) is 3.83. The molecule has 5 heteroatoms. The van der Waals surface area contributed by atoms with Gasteiger partial charge in [-0.15, -0.1) is 11.6 Å². The molecule has 0 radical (unpaired) electrons. The molecule has 19 heavy (non-hydrogen) atoms. The molecular formula is C14H22ClNO2S. The summed E-state index contributed by atoms with van der Waals surface area (Å²) in [5.41, 5.74) is 1.12. The number of sulfonamides is 1. The van der Waals surface area contributed by atoms with Crippen LogP contribution >= 0.6 is 11.6 Å². The Kier molecular flexibility index (Phi) is 6.30. The number of hydrogen-bond donors (Lipinski definition) is 0. The molecule has 0 aliphatic heterocycles. The highest BCUT2D eigenvalue weighted by Gasteiger charge is 2.25. The summed E-state index contributed by atoms with van der Waals surface area (Å²) in [5.74, 6) is 0.622. The van der Waals surface area contributed by atoms with E-state index in [-0.39, 0.29) is 6.04 Å². The van der Waals surface area contributed by atoms with E-state index in [2.05, 4.69) is 0 Å². The first kappa shape index (κ1) is 16.5. The van der Waals surface area contributed by atoms with E-state index in [1.807, 2.05) is 32.9 Å². The molecule has 0 unspecified atom stereocenters. The Balaban J connectivity index is 2.96. The van der Waals surface area contributed by atoms with Crippen LogP contribution in [0.25, 0.3) is 0 Å². The fourth-order valence-electron chi connectivity index (χ4n) is 2.05. The van der Waals surface area contributed by atoms with Gasteiger partial charge in [-0.1, -0.05) is 19.1 Å². The third-order valence-corrected chi connectivity index (χ3v) is 5.45. The van der Waals surface area contributed by atoms with E-state index < -0.39 is 10.0 Å². The standard InChI is InChI=1S/C14H22ClNO2S/c1-4-16(12(2)3)19(17,18)14-9-7-13(8-10-14)6-5-11-15/h7-10,12H,4-6,11H2,1-3H3. The number of nitrogens with zero attached hydrogens (tertiary/aromatic N) is 1. The molecule has 1 aromatic carbocycles. The van der Waals surface area contributed by atoms with E-state index in [9.17, 15) is 8.42 Å². The minimum absolute atomic E-state index is 0.0362. The van der Waals surface area contributed by atoms with Gasteiger partial charge in [-0.25, -0.2) is 8.42 Å². The number of aryl methyl sites for hydroxylation is 1. The maximum Gasteiger partial charge on any atom is 0.243 e. The summed E-state index contributed by atoms with van der Waals surface area (Å²) < 4.78 is 26.4. The molecule has 0 aromatic heterocycles. The van der Waals surface area contributed by atoms with Crippen molar-refractivity contribution in [1.29, 1.82) is 0 Å². The highest BCUT2D eigenvalue weighted by molar-refractivity contribution is 7.89. The van der Waals surface area contributed by atoms with Crippen molar-refractivity contribution in [2.45, 2.75) is 44.6 Å². The SMILES string of the molecule is CCN(C(C)C)S(=O)(=O)c1ccc(CCCCl)cc1. The monoisotopic (exact) mass is 303 g/mol. The Morgan fingerprint density at radius 3 is 2.21 bits per heavy atom. The number of hydrogen-bond acceptors (Lipinski definition) is 2. The third kappa shape index (κ3) is 4.20. The van der Waals surface area contributed by atoms with Crippen molar-refractivity contribution < 1.29 is 8.42 Å². The molecule has 1 rings (SSSR count). The quantitative estimate of drug-likeness (QED) is 0.725. The van der Waals surface area contributed by atoms with Crippen molar-refractivity contribution >= 4 is 21.6 Å². The average Bonchev–Trinajstić information content (AvgIpc) is 2.36. The van der Waals surface area contributed by atoms with Gasteiger partial charge in [0.2, 0.25) is 10.0 Å². The second-order valence-corrected chi connectivity index (χ2v) is 7.01. The largest absolute Gasteiger partial charge is 0.243 e. The molecular weight excluding hydrogens is 282 g/mol. The van der Waals surface area contributed by atoms with Crippen LogP contribution in [0.3, 0.4) is 0 Å². The van der Waals surface area contributed by atoms with Gasteiger partial charge in [0.15, 0.2) is 0 Å². The van der Waals surface area contributed by atoms with Crippen LogP contribution in [0.1, 0.15) is 32.8 Å². The predicted molar refractivity (Wildman–Crippen MR) is 80.2 cm³/mol. The minimum atomic E-state index is -3.38. The van der Waals surface area contributed by atoms with E-state index in [1.54, 1.807) is 12.1 Å². The molecule has 1 aromatic rings. The Bertz CT molecular complexity index is 483. The van der Waals surface area contributed by atoms with Crippen LogP contribution in [0.5, 0.6) is 0 Å². The predicted octanol–water partition coefficient (Wildman–Crippen LogP) is 3.28. The molecule has 0 bridgehead atoms. The lowest BCUT2D eigenvalue weighted by molar-refractivity contribution is 0.369. The van der Waals surface area contributed by atoms with Crippen LogP contribution in [-0.2, 0) is 16.4 Å². The number of halogens is 1. The summed E-state index contributed by atoms with van der Waals surface area (Å²) in [6, 6.07) is 7.07. The first-order valence-corrected chi connectivity index (χ1v) is 8.57. The lowest BCUT2D eigenvalue weighted by atomic mass is 10.1. The molecule has 0 saturated heterocycles. The molecule has 0 heterocycles. The first-order valence-electron chi connectivity index (χ1n) is 6.60. The maximum absolute atomic E-state index is 12.4. The second kappa shape index (κ2) is 7.27. The Hall–Kier alpha value is -0.580. The molecule has 3 nitrogen and oxygen atoms in total. The molecule has 0 aliphatic rings. The zero-order valence-electron chi connectivity index (χ0n) is 11.8. The van der Waals surface area contributed by atoms with E-state index in [1.165, 1.54) is 4.31 Å². The van der Waals surface area contributed by atoms with Crippen LogP contribution in [-0.4, -0.2) is 31.2 Å². The third-order valence-electron chi connectivity index (χ3n) is 3.02. The summed E-state index contributed by atoms with van der Waals surface area (Å²) in [6.45, 7) is 6.10. The molecule has 0 fully saturated rings. The second-order valence-electron chi connectivity index (χ2n) is 4.74. The van der Waals surface area contributed by atoms with Gasteiger partial charge in [-0.3, -0.25) is 0 Å². The van der Waals surface area contributed by atoms with Crippen LogP contribution in [0.2, 0.25) is 0 Å². The Morgan fingerprint density at radius 2 is 1.79 bits per heavy atom. The molecule has 0 N–H and O–H groups in total. The first-order chi connectivity index (χ1) is 8.93. The molecule has 108 valence electrons. The Labute approximate surface area is 121 Å². The summed E-state index contributed by atoms with van der Waals surface area (Å²) in [6.07, 6.45) is 1.78.